The summed E-state index contributed by atoms with van der Waals surface area (Å²) in [5.41, 5.74) is 0. The Hall–Kier alpha value is -0.620. The van der Waals surface area contributed by atoms with Crippen LogP contribution in [0.25, 0.3) is 0 Å². The summed E-state index contributed by atoms with van der Waals surface area (Å²) in [6, 6.07) is 5.91. The van der Waals surface area contributed by atoms with E-state index in [0.29, 0.717) is 11.4 Å². The van der Waals surface area contributed by atoms with E-state index in [9.17, 15) is 8.42 Å². The van der Waals surface area contributed by atoms with Crippen molar-refractivity contribution in [1.29, 1.82) is 0 Å². The molecule has 0 fully saturated rings. The van der Waals surface area contributed by atoms with Crippen LogP contribution in [-0.2, 0) is 9.84 Å². The van der Waals surface area contributed by atoms with Crippen molar-refractivity contribution in [3.63, 3.8) is 0 Å². The van der Waals surface area contributed by atoms with Gasteiger partial charge in [0.25, 0.3) is 0 Å². The zero-order valence-corrected chi connectivity index (χ0v) is 12.5. The van der Waals surface area contributed by atoms with Gasteiger partial charge < -0.3 is 10.4 Å². The quantitative estimate of drug-likeness (QED) is 0.769. The van der Waals surface area contributed by atoms with Crippen molar-refractivity contribution in [3.05, 3.63) is 29.3 Å². The van der Waals surface area contributed by atoms with E-state index in [1.165, 1.54) is 12.1 Å². The van der Waals surface area contributed by atoms with Gasteiger partial charge in [0.15, 0.2) is 9.84 Å². The third-order valence-corrected chi connectivity index (χ3v) is 4.84. The molecule has 4 nitrogen and oxygen atoms in total. The standard InChI is InChI=1S/C13H20ClNO3S/c1-2-8-15-12(7-9-16)10-19(17,18)13-5-3-11(14)4-6-13/h3-6,12,15-16H,2,7-10H2,1H3. The Bertz CT molecular complexity index is 473. The third-order valence-electron chi connectivity index (χ3n) is 2.75. The predicted molar refractivity (Wildman–Crippen MR) is 77.3 cm³/mol. The molecule has 0 bridgehead atoms. The van der Waals surface area contributed by atoms with Gasteiger partial charge in [-0.3, -0.25) is 0 Å². The minimum absolute atomic E-state index is 0.0187. The molecule has 0 aliphatic heterocycles. The SMILES string of the molecule is CCCNC(CCO)CS(=O)(=O)c1ccc(Cl)cc1. The molecule has 1 atom stereocenters. The summed E-state index contributed by atoms with van der Waals surface area (Å²) < 4.78 is 24.5. The van der Waals surface area contributed by atoms with Gasteiger partial charge in [0.1, 0.15) is 0 Å². The largest absolute Gasteiger partial charge is 0.396 e. The fourth-order valence-corrected chi connectivity index (χ4v) is 3.44. The summed E-state index contributed by atoms with van der Waals surface area (Å²) in [4.78, 5) is 0.262. The van der Waals surface area contributed by atoms with Gasteiger partial charge in [0.05, 0.1) is 10.6 Å². The second kappa shape index (κ2) is 7.85. The molecule has 0 aliphatic carbocycles. The van der Waals surface area contributed by atoms with Crippen molar-refractivity contribution in [3.8, 4) is 0 Å². The summed E-state index contributed by atoms with van der Waals surface area (Å²) in [7, 11) is -3.36. The van der Waals surface area contributed by atoms with Gasteiger partial charge in [-0.2, -0.15) is 0 Å². The highest BCUT2D eigenvalue weighted by molar-refractivity contribution is 7.91. The molecule has 0 aliphatic rings. The molecule has 0 heterocycles. The number of halogens is 1. The molecule has 0 aromatic heterocycles. The van der Waals surface area contributed by atoms with Crippen molar-refractivity contribution in [1.82, 2.24) is 5.32 Å². The number of nitrogens with one attached hydrogen (secondary N) is 1. The summed E-state index contributed by atoms with van der Waals surface area (Å²) in [5, 5.41) is 12.6. The van der Waals surface area contributed by atoms with Gasteiger partial charge in [0.2, 0.25) is 0 Å². The van der Waals surface area contributed by atoms with E-state index in [2.05, 4.69) is 5.32 Å². The van der Waals surface area contributed by atoms with E-state index in [1.54, 1.807) is 12.1 Å². The van der Waals surface area contributed by atoms with Crippen LogP contribution < -0.4 is 5.32 Å². The molecule has 0 amide bonds. The number of hydrogen-bond acceptors (Lipinski definition) is 4. The van der Waals surface area contributed by atoms with E-state index >= 15 is 0 Å². The Labute approximate surface area is 119 Å². The van der Waals surface area contributed by atoms with Crippen molar-refractivity contribution < 1.29 is 13.5 Å². The Morgan fingerprint density at radius 2 is 1.95 bits per heavy atom. The van der Waals surface area contributed by atoms with Gasteiger partial charge in [-0.15, -0.1) is 0 Å². The lowest BCUT2D eigenvalue weighted by molar-refractivity contribution is 0.269. The number of aliphatic hydroxyl groups excluding tert-OH is 1. The smallest absolute Gasteiger partial charge is 0.179 e. The highest BCUT2D eigenvalue weighted by Gasteiger charge is 2.20. The molecule has 0 radical (unpaired) electrons. The maximum Gasteiger partial charge on any atom is 0.179 e. The average molecular weight is 306 g/mol. The van der Waals surface area contributed by atoms with Crippen LogP contribution in [0.4, 0.5) is 0 Å². The first-order valence-corrected chi connectivity index (χ1v) is 8.35. The maximum absolute atomic E-state index is 12.2. The second-order valence-electron chi connectivity index (χ2n) is 4.40. The fourth-order valence-electron chi connectivity index (χ4n) is 1.75. The van der Waals surface area contributed by atoms with Crippen molar-refractivity contribution in [2.24, 2.45) is 0 Å². The van der Waals surface area contributed by atoms with Crippen LogP contribution in [0, 0.1) is 0 Å². The zero-order chi connectivity index (χ0) is 14.3. The van der Waals surface area contributed by atoms with Crippen LogP contribution in [0.15, 0.2) is 29.2 Å². The highest BCUT2D eigenvalue weighted by Crippen LogP contribution is 2.16. The van der Waals surface area contributed by atoms with Gasteiger partial charge in [0, 0.05) is 17.7 Å². The number of hydrogen-bond donors (Lipinski definition) is 2. The summed E-state index contributed by atoms with van der Waals surface area (Å²) in [6.45, 7) is 2.72. The Balaban J connectivity index is 2.78. The predicted octanol–water partition coefficient (Wildman–Crippen LogP) is 1.86. The van der Waals surface area contributed by atoms with Crippen LogP contribution in [-0.4, -0.2) is 38.5 Å². The van der Waals surface area contributed by atoms with E-state index in [4.69, 9.17) is 16.7 Å². The lowest BCUT2D eigenvalue weighted by Gasteiger charge is -2.17. The molecule has 0 saturated heterocycles. The number of benzene rings is 1. The van der Waals surface area contributed by atoms with Crippen LogP contribution in [0.5, 0.6) is 0 Å². The van der Waals surface area contributed by atoms with E-state index < -0.39 is 9.84 Å². The Morgan fingerprint density at radius 1 is 1.32 bits per heavy atom. The maximum atomic E-state index is 12.2. The highest BCUT2D eigenvalue weighted by atomic mass is 35.5. The van der Waals surface area contributed by atoms with Crippen molar-refractivity contribution in [2.45, 2.75) is 30.7 Å². The van der Waals surface area contributed by atoms with Crippen LogP contribution in [0.1, 0.15) is 19.8 Å². The molecular formula is C13H20ClNO3S. The first-order chi connectivity index (χ1) is 8.99. The average Bonchev–Trinajstić information content (AvgIpc) is 2.36. The summed E-state index contributed by atoms with van der Waals surface area (Å²) >= 11 is 5.75. The van der Waals surface area contributed by atoms with Crippen LogP contribution in [0.2, 0.25) is 5.02 Å². The molecule has 0 saturated carbocycles. The van der Waals surface area contributed by atoms with Gasteiger partial charge in [-0.1, -0.05) is 18.5 Å². The van der Waals surface area contributed by atoms with Crippen molar-refractivity contribution >= 4 is 21.4 Å². The monoisotopic (exact) mass is 305 g/mol. The van der Waals surface area contributed by atoms with Crippen LogP contribution >= 0.6 is 11.6 Å². The molecule has 108 valence electrons. The number of aliphatic hydroxyl groups is 1. The van der Waals surface area contributed by atoms with E-state index in [-0.39, 0.29) is 23.3 Å². The van der Waals surface area contributed by atoms with Gasteiger partial charge >= 0.3 is 0 Å². The lowest BCUT2D eigenvalue weighted by Crippen LogP contribution is -2.37. The van der Waals surface area contributed by atoms with Crippen molar-refractivity contribution in [2.75, 3.05) is 18.9 Å². The van der Waals surface area contributed by atoms with E-state index in [0.717, 1.165) is 13.0 Å². The van der Waals surface area contributed by atoms with Gasteiger partial charge in [-0.05, 0) is 43.7 Å². The molecule has 1 aromatic rings. The minimum atomic E-state index is -3.36. The molecular weight excluding hydrogens is 286 g/mol. The summed E-state index contributed by atoms with van der Waals surface area (Å²) in [6.07, 6.45) is 1.34. The lowest BCUT2D eigenvalue weighted by atomic mass is 10.2. The molecule has 1 aromatic carbocycles. The Kier molecular flexibility index (Phi) is 6.79. The molecule has 6 heteroatoms. The van der Waals surface area contributed by atoms with Gasteiger partial charge in [-0.25, -0.2) is 8.42 Å². The molecule has 2 N–H and O–H groups in total. The number of rotatable bonds is 8. The summed E-state index contributed by atoms with van der Waals surface area (Å²) in [5.74, 6) is -0.0187. The van der Waals surface area contributed by atoms with Crippen LogP contribution in [0.3, 0.4) is 0 Å². The molecule has 1 rings (SSSR count). The first-order valence-electron chi connectivity index (χ1n) is 6.32. The number of sulfone groups is 1. The second-order valence-corrected chi connectivity index (χ2v) is 6.87. The Morgan fingerprint density at radius 3 is 2.47 bits per heavy atom. The fraction of sp³-hybridized carbons (Fsp3) is 0.538. The first kappa shape index (κ1) is 16.4. The topological polar surface area (TPSA) is 66.4 Å². The minimum Gasteiger partial charge on any atom is -0.396 e. The zero-order valence-electron chi connectivity index (χ0n) is 11.0. The molecule has 1 unspecified atom stereocenters. The van der Waals surface area contributed by atoms with E-state index in [1.807, 2.05) is 6.92 Å². The normalized spacial score (nSPS) is 13.4. The molecule has 19 heavy (non-hydrogen) atoms. The third kappa shape index (κ3) is 5.48. The molecule has 0 spiro atoms.